The Balaban J connectivity index is 1.41. The molecule has 0 N–H and O–H groups in total. The van der Waals surface area contributed by atoms with E-state index in [1.54, 1.807) is 12.7 Å². The fourth-order valence-corrected chi connectivity index (χ4v) is 4.75. The van der Waals surface area contributed by atoms with E-state index >= 15 is 0 Å². The van der Waals surface area contributed by atoms with Crippen LogP contribution in [-0.4, -0.2) is 31.1 Å². The SMILES string of the molecule is COc1cccc2c1CCC1C2CCN1CCCc1ccccc1. The highest BCUT2D eigenvalue weighted by atomic mass is 16.5. The molecule has 2 aromatic rings. The number of aryl methyl sites for hydroxylation is 1. The summed E-state index contributed by atoms with van der Waals surface area (Å²) in [6.07, 6.45) is 6.20. The Kier molecular flexibility index (Phi) is 4.57. The zero-order valence-electron chi connectivity index (χ0n) is 14.6. The van der Waals surface area contributed by atoms with Gasteiger partial charge < -0.3 is 4.74 Å². The number of nitrogens with zero attached hydrogens (tertiary/aromatic N) is 1. The van der Waals surface area contributed by atoms with Gasteiger partial charge in [0, 0.05) is 12.0 Å². The van der Waals surface area contributed by atoms with Crippen LogP contribution in [-0.2, 0) is 12.8 Å². The van der Waals surface area contributed by atoms with Crippen molar-refractivity contribution < 1.29 is 4.74 Å². The molecule has 2 nitrogen and oxygen atoms in total. The van der Waals surface area contributed by atoms with Crippen LogP contribution in [0.3, 0.4) is 0 Å². The molecule has 2 atom stereocenters. The largest absolute Gasteiger partial charge is 0.496 e. The average molecular weight is 321 g/mol. The van der Waals surface area contributed by atoms with Crippen molar-refractivity contribution in [3.8, 4) is 5.75 Å². The van der Waals surface area contributed by atoms with Crippen LogP contribution < -0.4 is 4.74 Å². The number of hydrogen-bond acceptors (Lipinski definition) is 2. The molecule has 0 spiro atoms. The normalized spacial score (nSPS) is 22.9. The first-order chi connectivity index (χ1) is 11.9. The van der Waals surface area contributed by atoms with Gasteiger partial charge in [-0.15, -0.1) is 0 Å². The summed E-state index contributed by atoms with van der Waals surface area (Å²) in [4.78, 5) is 2.75. The van der Waals surface area contributed by atoms with Crippen LogP contribution in [0.1, 0.15) is 41.9 Å². The van der Waals surface area contributed by atoms with Crippen molar-refractivity contribution in [2.45, 2.75) is 44.1 Å². The summed E-state index contributed by atoms with van der Waals surface area (Å²) in [7, 11) is 1.80. The number of fused-ring (bicyclic) bond motifs is 3. The van der Waals surface area contributed by atoms with Gasteiger partial charge in [-0.05, 0) is 68.0 Å². The van der Waals surface area contributed by atoms with Crippen molar-refractivity contribution in [3.05, 3.63) is 65.2 Å². The Labute approximate surface area is 145 Å². The molecule has 0 amide bonds. The molecule has 24 heavy (non-hydrogen) atoms. The van der Waals surface area contributed by atoms with Crippen LogP contribution in [0.25, 0.3) is 0 Å². The number of benzene rings is 2. The molecule has 2 aliphatic rings. The van der Waals surface area contributed by atoms with Crippen molar-refractivity contribution in [1.29, 1.82) is 0 Å². The summed E-state index contributed by atoms with van der Waals surface area (Å²) in [5, 5.41) is 0. The monoisotopic (exact) mass is 321 g/mol. The second-order valence-corrected chi connectivity index (χ2v) is 7.15. The van der Waals surface area contributed by atoms with Crippen LogP contribution in [0.5, 0.6) is 5.75 Å². The first-order valence-electron chi connectivity index (χ1n) is 9.30. The van der Waals surface area contributed by atoms with E-state index in [-0.39, 0.29) is 0 Å². The van der Waals surface area contributed by atoms with E-state index in [9.17, 15) is 0 Å². The van der Waals surface area contributed by atoms with E-state index in [0.29, 0.717) is 5.92 Å². The predicted octanol–water partition coefficient (Wildman–Crippen LogP) is 4.43. The topological polar surface area (TPSA) is 12.5 Å². The number of methoxy groups -OCH3 is 1. The van der Waals surface area contributed by atoms with Crippen LogP contribution in [0.4, 0.5) is 0 Å². The number of ether oxygens (including phenoxy) is 1. The van der Waals surface area contributed by atoms with Gasteiger partial charge in [0.15, 0.2) is 0 Å². The van der Waals surface area contributed by atoms with Gasteiger partial charge in [-0.25, -0.2) is 0 Å². The van der Waals surface area contributed by atoms with Gasteiger partial charge in [-0.3, -0.25) is 4.90 Å². The van der Waals surface area contributed by atoms with Gasteiger partial charge in [-0.2, -0.15) is 0 Å². The van der Waals surface area contributed by atoms with Crippen molar-refractivity contribution in [3.63, 3.8) is 0 Å². The molecule has 1 saturated heterocycles. The zero-order valence-corrected chi connectivity index (χ0v) is 14.6. The van der Waals surface area contributed by atoms with E-state index in [1.165, 1.54) is 49.9 Å². The molecular formula is C22H27NO. The Morgan fingerprint density at radius 1 is 1.04 bits per heavy atom. The van der Waals surface area contributed by atoms with Crippen molar-refractivity contribution in [2.75, 3.05) is 20.2 Å². The molecule has 0 bridgehead atoms. The van der Waals surface area contributed by atoms with Crippen LogP contribution in [0.2, 0.25) is 0 Å². The van der Waals surface area contributed by atoms with Gasteiger partial charge in [0.05, 0.1) is 7.11 Å². The Hall–Kier alpha value is -1.80. The third kappa shape index (κ3) is 2.95. The highest BCUT2D eigenvalue weighted by Crippen LogP contribution is 2.44. The maximum absolute atomic E-state index is 5.59. The lowest BCUT2D eigenvalue weighted by molar-refractivity contribution is 0.223. The molecule has 0 aromatic heterocycles. The smallest absolute Gasteiger partial charge is 0.122 e. The lowest BCUT2D eigenvalue weighted by Gasteiger charge is -2.34. The third-order valence-corrected chi connectivity index (χ3v) is 5.89. The fraction of sp³-hybridized carbons (Fsp3) is 0.455. The summed E-state index contributed by atoms with van der Waals surface area (Å²) in [5.74, 6) is 1.80. The van der Waals surface area contributed by atoms with Crippen molar-refractivity contribution in [1.82, 2.24) is 4.90 Å². The maximum Gasteiger partial charge on any atom is 0.122 e. The molecule has 2 unspecified atom stereocenters. The Morgan fingerprint density at radius 3 is 2.75 bits per heavy atom. The van der Waals surface area contributed by atoms with Crippen LogP contribution >= 0.6 is 0 Å². The van der Waals surface area contributed by atoms with Crippen LogP contribution in [0, 0.1) is 0 Å². The molecule has 2 heteroatoms. The quantitative estimate of drug-likeness (QED) is 0.807. The van der Waals surface area contributed by atoms with E-state index < -0.39 is 0 Å². The number of likely N-dealkylation sites (tertiary alicyclic amines) is 1. The molecule has 1 aliphatic heterocycles. The molecule has 1 fully saturated rings. The molecule has 2 aromatic carbocycles. The van der Waals surface area contributed by atoms with E-state index in [1.807, 2.05) is 0 Å². The fourth-order valence-electron chi connectivity index (χ4n) is 4.75. The first-order valence-corrected chi connectivity index (χ1v) is 9.30. The highest BCUT2D eigenvalue weighted by molar-refractivity contribution is 5.45. The average Bonchev–Trinajstić information content (AvgIpc) is 3.05. The van der Waals surface area contributed by atoms with Gasteiger partial charge >= 0.3 is 0 Å². The van der Waals surface area contributed by atoms with Gasteiger partial charge in [0.25, 0.3) is 0 Å². The minimum absolute atomic E-state index is 0.709. The number of rotatable bonds is 5. The lowest BCUT2D eigenvalue weighted by Crippen LogP contribution is -2.36. The van der Waals surface area contributed by atoms with Gasteiger partial charge in [0.2, 0.25) is 0 Å². The van der Waals surface area contributed by atoms with E-state index in [0.717, 1.165) is 18.2 Å². The summed E-state index contributed by atoms with van der Waals surface area (Å²) in [6, 6.07) is 18.2. The van der Waals surface area contributed by atoms with Crippen molar-refractivity contribution >= 4 is 0 Å². The molecule has 1 aliphatic carbocycles. The summed E-state index contributed by atoms with van der Waals surface area (Å²) in [5.41, 5.74) is 4.48. The molecule has 0 saturated carbocycles. The molecule has 126 valence electrons. The molecular weight excluding hydrogens is 294 g/mol. The second kappa shape index (κ2) is 6.98. The van der Waals surface area contributed by atoms with Crippen LogP contribution in [0.15, 0.2) is 48.5 Å². The summed E-state index contributed by atoms with van der Waals surface area (Å²) in [6.45, 7) is 2.48. The Bertz CT molecular complexity index is 682. The zero-order chi connectivity index (χ0) is 16.4. The van der Waals surface area contributed by atoms with E-state index in [4.69, 9.17) is 4.74 Å². The Morgan fingerprint density at radius 2 is 1.92 bits per heavy atom. The minimum atomic E-state index is 0.709. The maximum atomic E-state index is 5.59. The molecule has 4 rings (SSSR count). The van der Waals surface area contributed by atoms with Crippen molar-refractivity contribution in [2.24, 2.45) is 0 Å². The molecule has 0 radical (unpaired) electrons. The minimum Gasteiger partial charge on any atom is -0.496 e. The van der Waals surface area contributed by atoms with E-state index in [2.05, 4.69) is 53.4 Å². The predicted molar refractivity (Wildman–Crippen MR) is 98.8 cm³/mol. The molecule has 1 heterocycles. The number of hydrogen-bond donors (Lipinski definition) is 0. The lowest BCUT2D eigenvalue weighted by atomic mass is 9.79. The highest BCUT2D eigenvalue weighted by Gasteiger charge is 2.38. The third-order valence-electron chi connectivity index (χ3n) is 5.89. The van der Waals surface area contributed by atoms with Gasteiger partial charge in [-0.1, -0.05) is 42.5 Å². The summed E-state index contributed by atoms with van der Waals surface area (Å²) >= 11 is 0. The second-order valence-electron chi connectivity index (χ2n) is 7.15. The first kappa shape index (κ1) is 15.7. The standard InChI is InChI=1S/C22H27NO/c1-24-22-11-5-10-18-19-14-16-23(21(19)13-12-20(18)22)15-6-9-17-7-3-2-4-8-17/h2-5,7-8,10-11,19,21H,6,9,12-16H2,1H3. The van der Waals surface area contributed by atoms with Gasteiger partial charge in [0.1, 0.15) is 5.75 Å². The summed E-state index contributed by atoms with van der Waals surface area (Å²) < 4.78 is 5.59.